The Balaban J connectivity index is 1.57. The van der Waals surface area contributed by atoms with Gasteiger partial charge in [-0.3, -0.25) is 9.69 Å². The lowest BCUT2D eigenvalue weighted by molar-refractivity contribution is -0.127. The first-order valence-electron chi connectivity index (χ1n) is 8.58. The molecule has 27 heavy (non-hydrogen) atoms. The molecule has 2 heterocycles. The quantitative estimate of drug-likeness (QED) is 0.626. The molecule has 1 aliphatic heterocycles. The van der Waals surface area contributed by atoms with Gasteiger partial charge in [0.1, 0.15) is 6.61 Å². The third-order valence-electron chi connectivity index (χ3n) is 4.15. The summed E-state index contributed by atoms with van der Waals surface area (Å²) in [5, 5.41) is 2.56. The number of rotatable bonds is 5. The van der Waals surface area contributed by atoms with Crippen LogP contribution in [0.5, 0.6) is 11.5 Å². The van der Waals surface area contributed by atoms with Gasteiger partial charge in [0.25, 0.3) is 5.91 Å². The maximum absolute atomic E-state index is 13.1. The molecule has 136 valence electrons. The van der Waals surface area contributed by atoms with Gasteiger partial charge < -0.3 is 9.47 Å². The highest BCUT2D eigenvalue weighted by atomic mass is 32.1. The molecule has 1 amide bonds. The SMILES string of the molecule is C=CCN(C(=O)[C@H]1COc2ccccc2O1)c1nc(-c2ccccc2)cs1. The minimum atomic E-state index is -0.719. The maximum atomic E-state index is 13.1. The van der Waals surface area contributed by atoms with Crippen LogP contribution in [0.4, 0.5) is 5.13 Å². The molecule has 0 fully saturated rings. The van der Waals surface area contributed by atoms with Crippen LogP contribution in [0, 0.1) is 0 Å². The molecule has 6 heteroatoms. The molecule has 1 atom stereocenters. The molecular formula is C21H18N2O3S. The predicted octanol–water partition coefficient (Wildman–Crippen LogP) is 4.17. The van der Waals surface area contributed by atoms with E-state index in [-0.39, 0.29) is 12.5 Å². The lowest BCUT2D eigenvalue weighted by atomic mass is 10.2. The average molecular weight is 378 g/mol. The Labute approximate surface area is 161 Å². The van der Waals surface area contributed by atoms with Gasteiger partial charge in [0.15, 0.2) is 16.6 Å². The van der Waals surface area contributed by atoms with Crippen LogP contribution in [-0.4, -0.2) is 30.1 Å². The van der Waals surface area contributed by atoms with Crippen molar-refractivity contribution < 1.29 is 14.3 Å². The highest BCUT2D eigenvalue weighted by molar-refractivity contribution is 7.14. The second-order valence-electron chi connectivity index (χ2n) is 5.98. The number of para-hydroxylation sites is 2. The molecule has 3 aromatic rings. The average Bonchev–Trinajstić information content (AvgIpc) is 3.22. The zero-order valence-electron chi connectivity index (χ0n) is 14.6. The van der Waals surface area contributed by atoms with Gasteiger partial charge in [-0.2, -0.15) is 0 Å². The number of nitrogens with zero attached hydrogens (tertiary/aromatic N) is 2. The zero-order valence-corrected chi connectivity index (χ0v) is 15.4. The van der Waals surface area contributed by atoms with Crippen molar-refractivity contribution in [2.24, 2.45) is 0 Å². The van der Waals surface area contributed by atoms with Crippen LogP contribution in [0.3, 0.4) is 0 Å². The number of aromatic nitrogens is 1. The Hall–Kier alpha value is -3.12. The monoisotopic (exact) mass is 378 g/mol. The molecule has 0 saturated heterocycles. The summed E-state index contributed by atoms with van der Waals surface area (Å²) < 4.78 is 11.5. The molecule has 4 rings (SSSR count). The fourth-order valence-corrected chi connectivity index (χ4v) is 3.68. The summed E-state index contributed by atoms with van der Waals surface area (Å²) >= 11 is 1.42. The zero-order chi connectivity index (χ0) is 18.6. The van der Waals surface area contributed by atoms with Crippen LogP contribution in [0.2, 0.25) is 0 Å². The van der Waals surface area contributed by atoms with Crippen molar-refractivity contribution in [2.45, 2.75) is 6.10 Å². The standard InChI is InChI=1S/C21H18N2O3S/c1-2-12-23(21-22-16(14-27-21)15-8-4-3-5-9-15)20(24)19-13-25-17-10-6-7-11-18(17)26-19/h2-11,14,19H,1,12-13H2/t19-/m1/s1. The van der Waals surface area contributed by atoms with Crippen LogP contribution in [0.1, 0.15) is 0 Å². The van der Waals surface area contributed by atoms with Gasteiger partial charge in [-0.05, 0) is 12.1 Å². The number of hydrogen-bond donors (Lipinski definition) is 0. The molecule has 0 aliphatic carbocycles. The molecule has 5 nitrogen and oxygen atoms in total. The van der Waals surface area contributed by atoms with Gasteiger partial charge >= 0.3 is 0 Å². The molecule has 0 unspecified atom stereocenters. The van der Waals surface area contributed by atoms with Crippen LogP contribution < -0.4 is 14.4 Å². The number of benzene rings is 2. The van der Waals surface area contributed by atoms with Crippen LogP contribution in [0.25, 0.3) is 11.3 Å². The third-order valence-corrected chi connectivity index (χ3v) is 5.02. The third kappa shape index (κ3) is 3.57. The Kier molecular flexibility index (Phi) is 4.89. The number of fused-ring (bicyclic) bond motifs is 1. The number of amides is 1. The van der Waals surface area contributed by atoms with E-state index < -0.39 is 6.10 Å². The van der Waals surface area contributed by atoms with Crippen molar-refractivity contribution in [3.63, 3.8) is 0 Å². The second kappa shape index (κ2) is 7.63. The Bertz CT molecular complexity index is 955. The number of carbonyl (C=O) groups excluding carboxylic acids is 1. The summed E-state index contributed by atoms with van der Waals surface area (Å²) in [6.07, 6.45) is 0.961. The Morgan fingerprint density at radius 3 is 2.70 bits per heavy atom. The Morgan fingerprint density at radius 2 is 1.93 bits per heavy atom. The summed E-state index contributed by atoms with van der Waals surface area (Å²) in [6.45, 7) is 4.28. The van der Waals surface area contributed by atoms with Crippen molar-refractivity contribution >= 4 is 22.4 Å². The fraction of sp³-hybridized carbons (Fsp3) is 0.143. The van der Waals surface area contributed by atoms with Crippen LogP contribution in [0.15, 0.2) is 72.6 Å². The number of carbonyl (C=O) groups is 1. The molecule has 0 spiro atoms. The van der Waals surface area contributed by atoms with Crippen molar-refractivity contribution in [1.82, 2.24) is 4.98 Å². The first-order valence-corrected chi connectivity index (χ1v) is 9.46. The molecule has 2 aromatic carbocycles. The summed E-state index contributed by atoms with van der Waals surface area (Å²) in [5.74, 6) is 1.03. The van der Waals surface area contributed by atoms with E-state index in [1.807, 2.05) is 53.9 Å². The summed E-state index contributed by atoms with van der Waals surface area (Å²) in [5.41, 5.74) is 1.85. The highest BCUT2D eigenvalue weighted by Gasteiger charge is 2.32. The number of thiazole rings is 1. The molecule has 1 aromatic heterocycles. The number of anilines is 1. The lowest BCUT2D eigenvalue weighted by Gasteiger charge is -2.29. The summed E-state index contributed by atoms with van der Waals surface area (Å²) in [4.78, 5) is 19.3. The van der Waals surface area contributed by atoms with E-state index >= 15 is 0 Å². The summed E-state index contributed by atoms with van der Waals surface area (Å²) in [7, 11) is 0. The fourth-order valence-electron chi connectivity index (χ4n) is 2.84. The van der Waals surface area contributed by atoms with Crippen LogP contribution >= 0.6 is 11.3 Å². The Morgan fingerprint density at radius 1 is 1.19 bits per heavy atom. The van der Waals surface area contributed by atoms with Gasteiger partial charge in [0.05, 0.1) is 5.69 Å². The molecule has 0 saturated carbocycles. The number of hydrogen-bond acceptors (Lipinski definition) is 5. The van der Waals surface area contributed by atoms with E-state index in [9.17, 15) is 4.79 Å². The highest BCUT2D eigenvalue weighted by Crippen LogP contribution is 2.33. The van der Waals surface area contributed by atoms with E-state index in [2.05, 4.69) is 11.6 Å². The van der Waals surface area contributed by atoms with E-state index in [1.165, 1.54) is 11.3 Å². The van der Waals surface area contributed by atoms with E-state index in [0.29, 0.717) is 23.2 Å². The molecule has 0 bridgehead atoms. The van der Waals surface area contributed by atoms with Crippen molar-refractivity contribution in [3.05, 3.63) is 72.6 Å². The van der Waals surface area contributed by atoms with Gasteiger partial charge in [-0.1, -0.05) is 48.5 Å². The molecule has 0 N–H and O–H groups in total. The van der Waals surface area contributed by atoms with Crippen molar-refractivity contribution in [3.8, 4) is 22.8 Å². The molecular weight excluding hydrogens is 360 g/mol. The van der Waals surface area contributed by atoms with Gasteiger partial charge in [0.2, 0.25) is 6.10 Å². The van der Waals surface area contributed by atoms with Crippen molar-refractivity contribution in [2.75, 3.05) is 18.1 Å². The smallest absolute Gasteiger partial charge is 0.273 e. The molecule has 1 aliphatic rings. The first-order chi connectivity index (χ1) is 13.3. The second-order valence-corrected chi connectivity index (χ2v) is 6.82. The lowest BCUT2D eigenvalue weighted by Crippen LogP contribution is -2.46. The van der Waals surface area contributed by atoms with Crippen molar-refractivity contribution in [1.29, 1.82) is 0 Å². The maximum Gasteiger partial charge on any atom is 0.273 e. The van der Waals surface area contributed by atoms with Gasteiger partial charge in [0, 0.05) is 17.5 Å². The minimum absolute atomic E-state index is 0.167. The molecule has 0 radical (unpaired) electrons. The first kappa shape index (κ1) is 17.3. The number of ether oxygens (including phenoxy) is 2. The predicted molar refractivity (Wildman–Crippen MR) is 106 cm³/mol. The van der Waals surface area contributed by atoms with E-state index in [4.69, 9.17) is 9.47 Å². The van der Waals surface area contributed by atoms with E-state index in [0.717, 1.165) is 11.3 Å². The van der Waals surface area contributed by atoms with E-state index in [1.54, 1.807) is 17.0 Å². The summed E-state index contributed by atoms with van der Waals surface area (Å²) in [6, 6.07) is 17.2. The normalized spacial score (nSPS) is 15.2. The largest absolute Gasteiger partial charge is 0.485 e. The topological polar surface area (TPSA) is 51.7 Å². The van der Waals surface area contributed by atoms with Crippen LogP contribution in [-0.2, 0) is 4.79 Å². The van der Waals surface area contributed by atoms with Gasteiger partial charge in [-0.25, -0.2) is 4.98 Å². The minimum Gasteiger partial charge on any atom is -0.485 e. The van der Waals surface area contributed by atoms with Gasteiger partial charge in [-0.15, -0.1) is 17.9 Å².